The van der Waals surface area contributed by atoms with Crippen molar-refractivity contribution in [1.29, 1.82) is 0 Å². The van der Waals surface area contributed by atoms with Gasteiger partial charge in [0.15, 0.2) is 0 Å². The third-order valence-electron chi connectivity index (χ3n) is 5.04. The standard InChI is InChI=1S/C18H24N2/c1-3-15(2)20-14-18(11-7-8-12-18)19-13-17(20)16-9-5-4-6-10-16/h1,4-6,9-10,15,17,19H,7-8,11-14H2,2H3. The second-order valence-corrected chi connectivity index (χ2v) is 6.31. The number of nitrogens with one attached hydrogen (secondary N) is 1. The first-order valence-corrected chi connectivity index (χ1v) is 7.76. The lowest BCUT2D eigenvalue weighted by molar-refractivity contribution is 0.0659. The van der Waals surface area contributed by atoms with Crippen LogP contribution in [0.3, 0.4) is 0 Å². The summed E-state index contributed by atoms with van der Waals surface area (Å²) in [5, 5.41) is 3.84. The third-order valence-corrected chi connectivity index (χ3v) is 5.04. The minimum absolute atomic E-state index is 0.194. The van der Waals surface area contributed by atoms with E-state index in [1.807, 2.05) is 0 Å². The van der Waals surface area contributed by atoms with Crippen molar-refractivity contribution in [3.05, 3.63) is 35.9 Å². The lowest BCUT2D eigenvalue weighted by Gasteiger charge is -2.48. The predicted octanol–water partition coefficient (Wildman–Crippen LogP) is 2.97. The molecule has 1 heterocycles. The molecule has 2 atom stereocenters. The summed E-state index contributed by atoms with van der Waals surface area (Å²) in [5.74, 6) is 2.94. The van der Waals surface area contributed by atoms with Crippen molar-refractivity contribution in [2.75, 3.05) is 13.1 Å². The summed E-state index contributed by atoms with van der Waals surface area (Å²) in [6, 6.07) is 11.3. The minimum Gasteiger partial charge on any atom is -0.308 e. The highest BCUT2D eigenvalue weighted by Gasteiger charge is 2.42. The van der Waals surface area contributed by atoms with Crippen LogP contribution in [0, 0.1) is 12.3 Å². The van der Waals surface area contributed by atoms with E-state index >= 15 is 0 Å². The van der Waals surface area contributed by atoms with Crippen LogP contribution in [-0.2, 0) is 0 Å². The van der Waals surface area contributed by atoms with Crippen molar-refractivity contribution >= 4 is 0 Å². The smallest absolute Gasteiger partial charge is 0.0689 e. The molecule has 1 saturated carbocycles. The zero-order valence-corrected chi connectivity index (χ0v) is 12.3. The van der Waals surface area contributed by atoms with Crippen LogP contribution in [0.15, 0.2) is 30.3 Å². The van der Waals surface area contributed by atoms with Crippen molar-refractivity contribution in [3.63, 3.8) is 0 Å². The van der Waals surface area contributed by atoms with Crippen molar-refractivity contribution in [3.8, 4) is 12.3 Å². The van der Waals surface area contributed by atoms with Crippen LogP contribution < -0.4 is 5.32 Å². The highest BCUT2D eigenvalue weighted by molar-refractivity contribution is 5.22. The summed E-state index contributed by atoms with van der Waals surface area (Å²) in [7, 11) is 0. The zero-order valence-electron chi connectivity index (χ0n) is 12.3. The second kappa shape index (κ2) is 5.60. The lowest BCUT2D eigenvalue weighted by Crippen LogP contribution is -2.61. The molecular formula is C18H24N2. The van der Waals surface area contributed by atoms with E-state index in [9.17, 15) is 0 Å². The Kier molecular flexibility index (Phi) is 3.83. The van der Waals surface area contributed by atoms with Crippen molar-refractivity contribution in [1.82, 2.24) is 10.2 Å². The number of piperazine rings is 1. The molecule has 1 aliphatic heterocycles. The molecule has 2 fully saturated rings. The minimum atomic E-state index is 0.194. The Balaban J connectivity index is 1.85. The van der Waals surface area contributed by atoms with E-state index in [2.05, 4.69) is 53.4 Å². The van der Waals surface area contributed by atoms with E-state index in [-0.39, 0.29) is 6.04 Å². The van der Waals surface area contributed by atoms with Gasteiger partial charge in [0, 0.05) is 24.7 Å². The van der Waals surface area contributed by atoms with Gasteiger partial charge < -0.3 is 5.32 Å². The van der Waals surface area contributed by atoms with Gasteiger partial charge in [-0.1, -0.05) is 49.1 Å². The highest BCUT2D eigenvalue weighted by Crippen LogP contribution is 2.37. The maximum Gasteiger partial charge on any atom is 0.0689 e. The van der Waals surface area contributed by atoms with Crippen LogP contribution in [0.2, 0.25) is 0 Å². The predicted molar refractivity (Wildman–Crippen MR) is 83.4 cm³/mol. The molecular weight excluding hydrogens is 244 g/mol. The Hall–Kier alpha value is -1.30. The fraction of sp³-hybridized carbons (Fsp3) is 0.556. The second-order valence-electron chi connectivity index (χ2n) is 6.31. The van der Waals surface area contributed by atoms with Crippen LogP contribution in [0.5, 0.6) is 0 Å². The van der Waals surface area contributed by atoms with Gasteiger partial charge in [0.1, 0.15) is 0 Å². The molecule has 1 saturated heterocycles. The Morgan fingerprint density at radius 1 is 1.30 bits per heavy atom. The van der Waals surface area contributed by atoms with E-state index in [1.54, 1.807) is 0 Å². The van der Waals surface area contributed by atoms with E-state index in [1.165, 1.54) is 31.2 Å². The molecule has 2 heteroatoms. The monoisotopic (exact) mass is 268 g/mol. The molecule has 0 radical (unpaired) electrons. The first-order chi connectivity index (χ1) is 9.74. The number of benzene rings is 1. The summed E-state index contributed by atoms with van der Waals surface area (Å²) >= 11 is 0. The van der Waals surface area contributed by atoms with Crippen LogP contribution in [-0.4, -0.2) is 29.6 Å². The fourth-order valence-electron chi connectivity index (χ4n) is 3.82. The molecule has 1 aromatic carbocycles. The van der Waals surface area contributed by atoms with Crippen molar-refractivity contribution < 1.29 is 0 Å². The summed E-state index contributed by atoms with van der Waals surface area (Å²) in [6.45, 7) is 4.25. The average molecular weight is 268 g/mol. The number of nitrogens with zero attached hydrogens (tertiary/aromatic N) is 1. The number of hydrogen-bond acceptors (Lipinski definition) is 2. The summed E-state index contributed by atoms with van der Waals surface area (Å²) in [6.07, 6.45) is 11.0. The molecule has 1 N–H and O–H groups in total. The Bertz CT molecular complexity index is 482. The summed E-state index contributed by atoms with van der Waals surface area (Å²) in [4.78, 5) is 2.52. The maximum absolute atomic E-state index is 5.72. The molecule has 20 heavy (non-hydrogen) atoms. The Labute approximate surface area is 122 Å². The molecule has 3 rings (SSSR count). The molecule has 2 nitrogen and oxygen atoms in total. The normalized spacial score (nSPS) is 27.3. The zero-order chi connectivity index (χ0) is 14.0. The van der Waals surface area contributed by atoms with Gasteiger partial charge in [-0.3, -0.25) is 4.90 Å². The van der Waals surface area contributed by atoms with Crippen LogP contribution in [0.4, 0.5) is 0 Å². The molecule has 1 aliphatic carbocycles. The molecule has 2 unspecified atom stereocenters. The molecule has 2 aliphatic rings. The summed E-state index contributed by atoms with van der Waals surface area (Å²) in [5.41, 5.74) is 1.69. The number of terminal acetylenes is 1. The highest BCUT2D eigenvalue weighted by atomic mass is 15.3. The number of rotatable bonds is 2. The molecule has 1 spiro atoms. The van der Waals surface area contributed by atoms with Gasteiger partial charge in [-0.15, -0.1) is 6.42 Å². The molecule has 0 aromatic heterocycles. The van der Waals surface area contributed by atoms with Crippen LogP contribution >= 0.6 is 0 Å². The van der Waals surface area contributed by atoms with E-state index < -0.39 is 0 Å². The van der Waals surface area contributed by atoms with Gasteiger partial charge in [0.05, 0.1) is 6.04 Å². The lowest BCUT2D eigenvalue weighted by atomic mass is 9.89. The molecule has 1 aromatic rings. The first-order valence-electron chi connectivity index (χ1n) is 7.76. The maximum atomic E-state index is 5.72. The quantitative estimate of drug-likeness (QED) is 0.830. The van der Waals surface area contributed by atoms with Gasteiger partial charge in [-0.2, -0.15) is 0 Å². The van der Waals surface area contributed by atoms with E-state index in [4.69, 9.17) is 6.42 Å². The first kappa shape index (κ1) is 13.7. The van der Waals surface area contributed by atoms with Gasteiger partial charge in [0.25, 0.3) is 0 Å². The molecule has 106 valence electrons. The van der Waals surface area contributed by atoms with Crippen LogP contribution in [0.25, 0.3) is 0 Å². The third kappa shape index (κ3) is 2.49. The van der Waals surface area contributed by atoms with Gasteiger partial charge >= 0.3 is 0 Å². The van der Waals surface area contributed by atoms with Gasteiger partial charge in [-0.25, -0.2) is 0 Å². The largest absolute Gasteiger partial charge is 0.308 e. The van der Waals surface area contributed by atoms with Crippen LogP contribution in [0.1, 0.15) is 44.2 Å². The van der Waals surface area contributed by atoms with Crippen molar-refractivity contribution in [2.45, 2.75) is 50.2 Å². The fourth-order valence-corrected chi connectivity index (χ4v) is 3.82. The average Bonchev–Trinajstić information content (AvgIpc) is 2.95. The van der Waals surface area contributed by atoms with E-state index in [0.717, 1.165) is 13.1 Å². The molecule has 0 amide bonds. The van der Waals surface area contributed by atoms with Gasteiger partial charge in [0.2, 0.25) is 0 Å². The van der Waals surface area contributed by atoms with E-state index in [0.29, 0.717) is 11.6 Å². The molecule has 0 bridgehead atoms. The SMILES string of the molecule is C#CC(C)N1CC2(CCCC2)NCC1c1ccccc1. The Morgan fingerprint density at radius 3 is 2.65 bits per heavy atom. The summed E-state index contributed by atoms with van der Waals surface area (Å²) < 4.78 is 0. The van der Waals surface area contributed by atoms with Crippen molar-refractivity contribution in [2.24, 2.45) is 0 Å². The topological polar surface area (TPSA) is 15.3 Å². The Morgan fingerprint density at radius 2 is 2.00 bits per heavy atom. The van der Waals surface area contributed by atoms with Gasteiger partial charge in [-0.05, 0) is 25.3 Å². The number of hydrogen-bond donors (Lipinski definition) is 1.